The van der Waals surface area contributed by atoms with Crippen molar-refractivity contribution in [2.75, 3.05) is 36.5 Å². The van der Waals surface area contributed by atoms with Gasteiger partial charge < -0.3 is 15.0 Å². The number of urea groups is 1. The molecule has 0 spiro atoms. The third-order valence-corrected chi connectivity index (χ3v) is 6.37. The zero-order valence-corrected chi connectivity index (χ0v) is 18.6. The largest absolute Gasteiger partial charge is 0.370 e. The van der Waals surface area contributed by atoms with Crippen LogP contribution in [0.15, 0.2) is 30.3 Å². The number of nitrogens with one attached hydrogen (secondary N) is 2. The topological polar surface area (TPSA) is 91.0 Å². The number of thiophene rings is 1. The van der Waals surface area contributed by atoms with E-state index in [9.17, 15) is 14.4 Å². The Bertz CT molecular complexity index is 1010. The molecule has 0 bridgehead atoms. The second kappa shape index (κ2) is 9.25. The number of nitrogens with zero attached hydrogens (tertiary/aromatic N) is 2. The number of anilines is 2. The van der Waals surface area contributed by atoms with E-state index in [2.05, 4.69) is 10.7 Å². The van der Waals surface area contributed by atoms with Crippen LogP contribution in [0.4, 0.5) is 16.2 Å². The fraction of sp³-hybridized carbons (Fsp3) is 0.381. The first-order valence-electron chi connectivity index (χ1n) is 10.0. The van der Waals surface area contributed by atoms with Crippen LogP contribution in [0.5, 0.6) is 0 Å². The third kappa shape index (κ3) is 5.36. The molecule has 31 heavy (non-hydrogen) atoms. The molecule has 2 aromatic rings. The number of carbonyl (C=O) groups is 3. The minimum Gasteiger partial charge on any atom is -0.370 e. The van der Waals surface area contributed by atoms with Crippen molar-refractivity contribution < 1.29 is 19.1 Å². The zero-order valence-electron chi connectivity index (χ0n) is 17.0. The lowest BCUT2D eigenvalue weighted by atomic mass is 10.1. The van der Waals surface area contributed by atoms with Crippen LogP contribution in [0.3, 0.4) is 0 Å². The van der Waals surface area contributed by atoms with E-state index in [1.165, 1.54) is 5.01 Å². The van der Waals surface area contributed by atoms with Crippen molar-refractivity contribution in [3.8, 4) is 0 Å². The van der Waals surface area contributed by atoms with Gasteiger partial charge in [-0.05, 0) is 61.6 Å². The number of carbonyl (C=O) groups excluding carboxylic acids is 3. The van der Waals surface area contributed by atoms with Crippen LogP contribution < -0.4 is 15.6 Å². The average molecular weight is 463 g/mol. The molecule has 1 aliphatic heterocycles. The van der Waals surface area contributed by atoms with Gasteiger partial charge in [-0.2, -0.15) is 0 Å². The van der Waals surface area contributed by atoms with Gasteiger partial charge in [0.25, 0.3) is 11.8 Å². The first kappa shape index (κ1) is 21.6. The molecule has 0 atom stereocenters. The van der Waals surface area contributed by atoms with Gasteiger partial charge in [-0.3, -0.25) is 15.0 Å². The number of hydrazine groups is 1. The number of amides is 4. The summed E-state index contributed by atoms with van der Waals surface area (Å²) >= 11 is 7.07. The third-order valence-electron chi connectivity index (χ3n) is 5.14. The van der Waals surface area contributed by atoms with Gasteiger partial charge in [0.1, 0.15) is 6.61 Å². The fourth-order valence-corrected chi connectivity index (χ4v) is 4.28. The molecule has 8 nitrogen and oxygen atoms in total. The highest BCUT2D eigenvalue weighted by Gasteiger charge is 2.29. The molecule has 2 aliphatic rings. The van der Waals surface area contributed by atoms with E-state index < -0.39 is 6.03 Å². The lowest BCUT2D eigenvalue weighted by Gasteiger charge is -2.28. The smallest absolute Gasteiger partial charge is 0.340 e. The maximum Gasteiger partial charge on any atom is 0.340 e. The summed E-state index contributed by atoms with van der Waals surface area (Å²) in [6.07, 6.45) is 2.07. The first-order valence-corrected chi connectivity index (χ1v) is 11.2. The molecule has 1 saturated carbocycles. The summed E-state index contributed by atoms with van der Waals surface area (Å²) in [5, 5.41) is 4.16. The van der Waals surface area contributed by atoms with Gasteiger partial charge in [-0.25, -0.2) is 9.80 Å². The molecular weight excluding hydrogens is 440 g/mol. The van der Waals surface area contributed by atoms with Crippen molar-refractivity contribution in [1.82, 2.24) is 10.4 Å². The Hall–Kier alpha value is -2.62. The zero-order chi connectivity index (χ0) is 22.0. The van der Waals surface area contributed by atoms with Crippen LogP contribution in [0.1, 0.15) is 28.1 Å². The first-order chi connectivity index (χ1) is 14.9. The monoisotopic (exact) mass is 462 g/mol. The summed E-state index contributed by atoms with van der Waals surface area (Å²) in [6, 6.07) is 8.23. The van der Waals surface area contributed by atoms with Gasteiger partial charge in [0, 0.05) is 24.5 Å². The van der Waals surface area contributed by atoms with Crippen LogP contribution in [0.25, 0.3) is 0 Å². The van der Waals surface area contributed by atoms with Gasteiger partial charge in [-0.15, -0.1) is 11.3 Å². The van der Waals surface area contributed by atoms with Crippen molar-refractivity contribution >= 4 is 52.2 Å². The highest BCUT2D eigenvalue weighted by atomic mass is 35.5. The van der Waals surface area contributed by atoms with Gasteiger partial charge in [0.05, 0.1) is 15.8 Å². The molecule has 0 radical (unpaired) electrons. The summed E-state index contributed by atoms with van der Waals surface area (Å²) in [6.45, 7) is 3.39. The summed E-state index contributed by atoms with van der Waals surface area (Å²) in [5.74, 6) is -0.0717. The lowest BCUT2D eigenvalue weighted by Crippen LogP contribution is -2.49. The number of ether oxygens (including phenoxy) is 1. The molecule has 2 N–H and O–H groups in total. The van der Waals surface area contributed by atoms with Crippen LogP contribution >= 0.6 is 22.9 Å². The quantitative estimate of drug-likeness (QED) is 0.663. The normalized spacial score (nSPS) is 16.2. The van der Waals surface area contributed by atoms with Gasteiger partial charge >= 0.3 is 6.03 Å². The Morgan fingerprint density at radius 2 is 2.10 bits per heavy atom. The molecule has 1 saturated heterocycles. The van der Waals surface area contributed by atoms with Gasteiger partial charge in [0.2, 0.25) is 0 Å². The molecule has 2 heterocycles. The number of rotatable bonds is 5. The van der Waals surface area contributed by atoms with Crippen molar-refractivity contribution in [3.63, 3.8) is 0 Å². The molecule has 0 unspecified atom stereocenters. The highest BCUT2D eigenvalue weighted by Crippen LogP contribution is 2.30. The predicted octanol–water partition coefficient (Wildman–Crippen LogP) is 3.66. The fourth-order valence-electron chi connectivity index (χ4n) is 3.35. The molecule has 10 heteroatoms. The summed E-state index contributed by atoms with van der Waals surface area (Å²) in [4.78, 5) is 39.6. The SMILES string of the molecule is Cc1cc(NC(=O)N(CC2CC2)NC(=O)c2ccc(Cl)s2)ccc1N1CCOCC1=O. The Balaban J connectivity index is 1.44. The van der Waals surface area contributed by atoms with Crippen molar-refractivity contribution in [3.05, 3.63) is 45.1 Å². The Kier molecular flexibility index (Phi) is 6.45. The summed E-state index contributed by atoms with van der Waals surface area (Å²) in [7, 11) is 0. The number of hydrogen-bond donors (Lipinski definition) is 2. The number of benzene rings is 1. The van der Waals surface area contributed by atoms with E-state index in [0.717, 1.165) is 35.4 Å². The molecule has 2 fully saturated rings. The van der Waals surface area contributed by atoms with E-state index in [4.69, 9.17) is 16.3 Å². The van der Waals surface area contributed by atoms with E-state index >= 15 is 0 Å². The Morgan fingerprint density at radius 1 is 1.29 bits per heavy atom. The van der Waals surface area contributed by atoms with E-state index in [1.54, 1.807) is 23.1 Å². The number of hydrogen-bond acceptors (Lipinski definition) is 5. The molecule has 164 valence electrons. The summed E-state index contributed by atoms with van der Waals surface area (Å²) < 4.78 is 5.69. The van der Waals surface area contributed by atoms with Crippen LogP contribution in [0, 0.1) is 12.8 Å². The number of halogens is 1. The predicted molar refractivity (Wildman–Crippen MR) is 120 cm³/mol. The summed E-state index contributed by atoms with van der Waals surface area (Å²) in [5.41, 5.74) is 4.93. The minimum atomic E-state index is -0.419. The molecule has 1 aromatic carbocycles. The van der Waals surface area contributed by atoms with Crippen LogP contribution in [-0.2, 0) is 9.53 Å². The van der Waals surface area contributed by atoms with Crippen molar-refractivity contribution in [2.45, 2.75) is 19.8 Å². The van der Waals surface area contributed by atoms with Crippen molar-refractivity contribution in [2.24, 2.45) is 5.92 Å². The average Bonchev–Trinajstić information content (AvgIpc) is 3.45. The highest BCUT2D eigenvalue weighted by molar-refractivity contribution is 7.18. The number of morpholine rings is 1. The molecule has 4 amide bonds. The van der Waals surface area contributed by atoms with Crippen LogP contribution in [-0.4, -0.2) is 49.2 Å². The standard InChI is InChI=1S/C21H23ClN4O4S/c1-13-10-15(4-5-16(13)25-8-9-30-12-19(25)27)23-21(29)26(11-14-2-3-14)24-20(28)17-6-7-18(22)31-17/h4-7,10,14H,2-3,8-9,11-12H2,1H3,(H,23,29)(H,24,28). The van der Waals surface area contributed by atoms with Crippen LogP contribution in [0.2, 0.25) is 4.34 Å². The Morgan fingerprint density at radius 3 is 2.74 bits per heavy atom. The maximum atomic E-state index is 12.9. The van der Waals surface area contributed by atoms with Crippen molar-refractivity contribution in [1.29, 1.82) is 0 Å². The van der Waals surface area contributed by atoms with E-state index in [-0.39, 0.29) is 18.4 Å². The number of aryl methyl sites for hydroxylation is 1. The van der Waals surface area contributed by atoms with Gasteiger partial charge in [0.15, 0.2) is 0 Å². The lowest BCUT2D eigenvalue weighted by molar-refractivity contribution is -0.125. The van der Waals surface area contributed by atoms with E-state index in [0.29, 0.717) is 40.5 Å². The molecule has 1 aromatic heterocycles. The molecular formula is C21H23ClN4O4S. The second-order valence-corrected chi connectivity index (χ2v) is 9.34. The minimum absolute atomic E-state index is 0.0726. The van der Waals surface area contributed by atoms with E-state index in [1.807, 2.05) is 19.1 Å². The molecule has 1 aliphatic carbocycles. The second-order valence-electron chi connectivity index (χ2n) is 7.63. The Labute approximate surface area is 189 Å². The van der Waals surface area contributed by atoms with Gasteiger partial charge in [-0.1, -0.05) is 11.6 Å². The molecule has 4 rings (SSSR count). The maximum absolute atomic E-state index is 12.9.